The van der Waals surface area contributed by atoms with Gasteiger partial charge in [-0.25, -0.2) is 9.97 Å². The molecule has 5 heteroatoms. The van der Waals surface area contributed by atoms with E-state index in [2.05, 4.69) is 15.3 Å². The molecule has 0 bridgehead atoms. The molecule has 0 amide bonds. The van der Waals surface area contributed by atoms with Gasteiger partial charge >= 0.3 is 0 Å². The van der Waals surface area contributed by atoms with Gasteiger partial charge in [0.1, 0.15) is 12.1 Å². The van der Waals surface area contributed by atoms with Gasteiger partial charge in [-0.2, -0.15) is 0 Å². The molecule has 78 valence electrons. The largest absolute Gasteiger partial charge is 0.440 e. The number of hydrogen-bond acceptors (Lipinski definition) is 5. The van der Waals surface area contributed by atoms with Gasteiger partial charge in [0.2, 0.25) is 0 Å². The highest BCUT2D eigenvalue weighted by molar-refractivity contribution is 7.98. The molecule has 0 unspecified atom stereocenters. The predicted octanol–water partition coefficient (Wildman–Crippen LogP) is 2.40. The summed E-state index contributed by atoms with van der Waals surface area (Å²) in [5.41, 5.74) is 1.14. The van der Waals surface area contributed by atoms with Crippen molar-refractivity contribution < 1.29 is 4.42 Å². The van der Waals surface area contributed by atoms with Crippen molar-refractivity contribution in [2.45, 2.75) is 11.0 Å². The second-order valence-electron chi connectivity index (χ2n) is 2.85. The lowest BCUT2D eigenvalue weighted by atomic mass is 10.3. The first-order valence-corrected chi connectivity index (χ1v) is 5.52. The van der Waals surface area contributed by atoms with Crippen LogP contribution in [0.5, 0.6) is 0 Å². The van der Waals surface area contributed by atoms with Gasteiger partial charge in [-0.1, -0.05) is 17.8 Å². The van der Waals surface area contributed by atoms with E-state index < -0.39 is 0 Å². The van der Waals surface area contributed by atoms with E-state index >= 15 is 0 Å². The van der Waals surface area contributed by atoms with E-state index in [0.29, 0.717) is 5.22 Å². The maximum absolute atomic E-state index is 5.14. The first-order valence-electron chi connectivity index (χ1n) is 4.54. The first kappa shape index (κ1) is 10.0. The van der Waals surface area contributed by atoms with Gasteiger partial charge in [0, 0.05) is 24.6 Å². The van der Waals surface area contributed by atoms with Gasteiger partial charge in [-0.3, -0.25) is 0 Å². The highest BCUT2D eigenvalue weighted by Crippen LogP contribution is 2.23. The van der Waals surface area contributed by atoms with E-state index in [1.54, 1.807) is 30.4 Å². The van der Waals surface area contributed by atoms with E-state index in [4.69, 9.17) is 4.42 Å². The predicted molar refractivity (Wildman–Crippen MR) is 59.8 cm³/mol. The summed E-state index contributed by atoms with van der Waals surface area (Å²) in [6.45, 7) is 0. The van der Waals surface area contributed by atoms with Crippen LogP contribution in [0, 0.1) is 0 Å². The average Bonchev–Trinajstić information content (AvgIpc) is 2.79. The van der Waals surface area contributed by atoms with Crippen molar-refractivity contribution in [2.24, 2.45) is 0 Å². The Morgan fingerprint density at radius 3 is 3.07 bits per heavy atom. The van der Waals surface area contributed by atoms with Crippen LogP contribution in [0.1, 0.15) is 5.56 Å². The molecule has 0 aliphatic rings. The van der Waals surface area contributed by atoms with Crippen LogP contribution < -0.4 is 5.32 Å². The van der Waals surface area contributed by atoms with Gasteiger partial charge in [0.15, 0.2) is 0 Å². The molecular formula is C10H11N3OS. The van der Waals surface area contributed by atoms with Crippen molar-refractivity contribution in [1.82, 2.24) is 9.97 Å². The fraction of sp³-hybridized carbons (Fsp3) is 0.200. The van der Waals surface area contributed by atoms with Crippen molar-refractivity contribution in [3.05, 3.63) is 36.4 Å². The van der Waals surface area contributed by atoms with Crippen molar-refractivity contribution in [3.8, 4) is 0 Å². The minimum atomic E-state index is 0.681. The Hall–Kier alpha value is -1.49. The van der Waals surface area contributed by atoms with Crippen molar-refractivity contribution >= 4 is 17.6 Å². The van der Waals surface area contributed by atoms with Crippen molar-refractivity contribution in [2.75, 3.05) is 12.4 Å². The summed E-state index contributed by atoms with van der Waals surface area (Å²) in [6.07, 6.45) is 4.99. The van der Waals surface area contributed by atoms with E-state index in [1.165, 1.54) is 0 Å². The topological polar surface area (TPSA) is 51.0 Å². The Bertz CT molecular complexity index is 416. The number of nitrogens with one attached hydrogen (secondary N) is 1. The van der Waals surface area contributed by atoms with E-state index in [9.17, 15) is 0 Å². The summed E-state index contributed by atoms with van der Waals surface area (Å²) < 4.78 is 5.14. The minimum absolute atomic E-state index is 0.681. The Balaban J connectivity index is 2.04. The molecular weight excluding hydrogens is 210 g/mol. The lowest BCUT2D eigenvalue weighted by Gasteiger charge is -2.05. The second-order valence-corrected chi connectivity index (χ2v) is 3.77. The van der Waals surface area contributed by atoms with Crippen LogP contribution in [0.4, 0.5) is 5.82 Å². The smallest absolute Gasteiger partial charge is 0.255 e. The van der Waals surface area contributed by atoms with Crippen LogP contribution in [0.25, 0.3) is 0 Å². The summed E-state index contributed by atoms with van der Waals surface area (Å²) in [4.78, 5) is 8.26. The number of rotatable bonds is 4. The summed E-state index contributed by atoms with van der Waals surface area (Å²) in [6, 6.07) is 3.96. The molecule has 0 saturated carbocycles. The summed E-state index contributed by atoms with van der Waals surface area (Å²) in [5.74, 6) is 1.70. The molecule has 15 heavy (non-hydrogen) atoms. The van der Waals surface area contributed by atoms with Crippen LogP contribution in [0.2, 0.25) is 0 Å². The number of thioether (sulfide) groups is 1. The molecule has 2 aromatic rings. The first-order chi connectivity index (χ1) is 7.40. The lowest BCUT2D eigenvalue weighted by molar-refractivity contribution is 0.454. The fourth-order valence-corrected chi connectivity index (χ4v) is 1.97. The molecule has 0 saturated heterocycles. The third kappa shape index (κ3) is 2.50. The van der Waals surface area contributed by atoms with Gasteiger partial charge in [0.25, 0.3) is 5.22 Å². The van der Waals surface area contributed by atoms with Crippen LogP contribution in [-0.4, -0.2) is 17.0 Å². The van der Waals surface area contributed by atoms with Crippen LogP contribution in [-0.2, 0) is 5.75 Å². The fourth-order valence-electron chi connectivity index (χ4n) is 1.20. The van der Waals surface area contributed by atoms with Crippen molar-refractivity contribution in [1.29, 1.82) is 0 Å². The lowest BCUT2D eigenvalue weighted by Crippen LogP contribution is -1.96. The highest BCUT2D eigenvalue weighted by Gasteiger charge is 2.04. The number of pyridine rings is 1. The second kappa shape index (κ2) is 4.84. The van der Waals surface area contributed by atoms with Crippen LogP contribution >= 0.6 is 11.8 Å². The Morgan fingerprint density at radius 2 is 2.33 bits per heavy atom. The summed E-state index contributed by atoms with van der Waals surface area (Å²) >= 11 is 1.55. The standard InChI is InChI=1S/C10H11N3OS/c1-11-9-8(3-2-4-12-9)7-15-10-13-5-6-14-10/h2-6H,7H2,1H3,(H,11,12). The molecule has 0 aromatic carbocycles. The van der Waals surface area contributed by atoms with E-state index in [-0.39, 0.29) is 0 Å². The van der Waals surface area contributed by atoms with Crippen LogP contribution in [0.15, 0.2) is 40.4 Å². The normalized spacial score (nSPS) is 10.2. The van der Waals surface area contributed by atoms with E-state index in [1.807, 2.05) is 19.2 Å². The molecule has 0 fully saturated rings. The molecule has 1 N–H and O–H groups in total. The molecule has 2 rings (SSSR count). The maximum Gasteiger partial charge on any atom is 0.255 e. The summed E-state index contributed by atoms with van der Waals surface area (Å²) in [5, 5.41) is 3.73. The quantitative estimate of drug-likeness (QED) is 0.803. The number of oxazole rings is 1. The monoisotopic (exact) mass is 221 g/mol. The van der Waals surface area contributed by atoms with Crippen LogP contribution in [0.3, 0.4) is 0 Å². The van der Waals surface area contributed by atoms with E-state index in [0.717, 1.165) is 17.1 Å². The van der Waals surface area contributed by atoms with Crippen molar-refractivity contribution in [3.63, 3.8) is 0 Å². The molecule has 0 spiro atoms. The van der Waals surface area contributed by atoms with Gasteiger partial charge in [-0.15, -0.1) is 0 Å². The third-order valence-electron chi connectivity index (χ3n) is 1.89. The number of nitrogens with zero attached hydrogens (tertiary/aromatic N) is 2. The number of aromatic nitrogens is 2. The number of anilines is 1. The summed E-state index contributed by atoms with van der Waals surface area (Å²) in [7, 11) is 1.86. The van der Waals surface area contributed by atoms with Gasteiger partial charge < -0.3 is 9.73 Å². The molecule has 4 nitrogen and oxygen atoms in total. The molecule has 0 atom stereocenters. The Kier molecular flexibility index (Phi) is 3.24. The molecule has 0 aliphatic carbocycles. The molecule has 0 radical (unpaired) electrons. The zero-order valence-corrected chi connectivity index (χ0v) is 9.12. The molecule has 2 heterocycles. The Morgan fingerprint density at radius 1 is 1.40 bits per heavy atom. The highest BCUT2D eigenvalue weighted by atomic mass is 32.2. The Labute approximate surface area is 92.1 Å². The SMILES string of the molecule is CNc1ncccc1CSc1ncco1. The van der Waals surface area contributed by atoms with Gasteiger partial charge in [-0.05, 0) is 6.07 Å². The van der Waals surface area contributed by atoms with Gasteiger partial charge in [0.05, 0.1) is 6.20 Å². The number of hydrogen-bond donors (Lipinski definition) is 1. The molecule has 0 aliphatic heterocycles. The maximum atomic E-state index is 5.14. The minimum Gasteiger partial charge on any atom is -0.440 e. The zero-order valence-electron chi connectivity index (χ0n) is 8.30. The average molecular weight is 221 g/mol. The third-order valence-corrected chi connectivity index (χ3v) is 2.79. The zero-order chi connectivity index (χ0) is 10.5. The molecule has 2 aromatic heterocycles.